The summed E-state index contributed by atoms with van der Waals surface area (Å²) in [4.78, 5) is 1.26. The summed E-state index contributed by atoms with van der Waals surface area (Å²) in [6.07, 6.45) is 9.10. The first-order valence-corrected chi connectivity index (χ1v) is 12.7. The van der Waals surface area contributed by atoms with E-state index in [0.29, 0.717) is 11.3 Å². The molecule has 3 nitrogen and oxygen atoms in total. The summed E-state index contributed by atoms with van der Waals surface area (Å²) in [5, 5.41) is 0. The summed E-state index contributed by atoms with van der Waals surface area (Å²) in [5.41, 5.74) is 1.05. The molecule has 0 spiro atoms. The van der Waals surface area contributed by atoms with E-state index in [-0.39, 0.29) is 6.04 Å². The number of hydrogen-bond donors (Lipinski definition) is 0. The third-order valence-electron chi connectivity index (χ3n) is 4.87. The third kappa shape index (κ3) is 7.32. The van der Waals surface area contributed by atoms with E-state index >= 15 is 0 Å². The van der Waals surface area contributed by atoms with E-state index in [1.807, 2.05) is 55.5 Å². The highest BCUT2D eigenvalue weighted by Gasteiger charge is 2.32. The fourth-order valence-electron chi connectivity index (χ4n) is 3.20. The van der Waals surface area contributed by atoms with Gasteiger partial charge in [0.05, 0.1) is 4.90 Å². The second-order valence-corrected chi connectivity index (χ2v) is 10.5. The van der Waals surface area contributed by atoms with E-state index in [9.17, 15) is 8.42 Å². The Hall–Kier alpha value is -1.56. The van der Waals surface area contributed by atoms with Crippen LogP contribution in [0.2, 0.25) is 0 Å². The molecule has 0 fully saturated rings. The third-order valence-corrected chi connectivity index (χ3v) is 8.29. The zero-order valence-corrected chi connectivity index (χ0v) is 19.2. The summed E-state index contributed by atoms with van der Waals surface area (Å²) < 4.78 is 28.7. The minimum atomic E-state index is -3.64. The number of rotatable bonds is 13. The average Bonchev–Trinajstić information content (AvgIpc) is 2.72. The molecule has 0 N–H and O–H groups in total. The van der Waals surface area contributed by atoms with Gasteiger partial charge in [0.15, 0.2) is 0 Å². The zero-order chi connectivity index (χ0) is 21.1. The molecule has 0 saturated carbocycles. The van der Waals surface area contributed by atoms with Crippen molar-refractivity contribution in [3.8, 4) is 0 Å². The van der Waals surface area contributed by atoms with Crippen LogP contribution in [-0.2, 0) is 10.0 Å². The van der Waals surface area contributed by atoms with Crippen molar-refractivity contribution in [3.63, 3.8) is 0 Å². The van der Waals surface area contributed by atoms with Crippen LogP contribution in [-0.4, -0.2) is 18.2 Å². The van der Waals surface area contributed by atoms with Crippen LogP contribution < -0.4 is 0 Å². The van der Waals surface area contributed by atoms with Crippen molar-refractivity contribution in [2.75, 3.05) is 0 Å². The highest BCUT2D eigenvalue weighted by molar-refractivity contribution is 8.08. The standard InChI is InChI=1S/C24H33NO2S2/c1-4-6-7-8-10-14-22(13-5-2)25(28-23-15-11-9-12-16-23)29(26,27)24-19-17-21(3)18-20-24/h5,9,11-12,15-20,22H,2,4,6-8,10,13-14H2,1,3H3. The lowest BCUT2D eigenvalue weighted by molar-refractivity contribution is 0.417. The second-order valence-electron chi connectivity index (χ2n) is 7.36. The first-order chi connectivity index (χ1) is 14.0. The number of benzene rings is 2. The van der Waals surface area contributed by atoms with Gasteiger partial charge in [-0.15, -0.1) is 10.3 Å². The van der Waals surface area contributed by atoms with Gasteiger partial charge in [0.2, 0.25) is 0 Å². The van der Waals surface area contributed by atoms with Gasteiger partial charge in [-0.1, -0.05) is 81.0 Å². The molecule has 0 aliphatic carbocycles. The number of hydrogen-bond acceptors (Lipinski definition) is 3. The van der Waals surface area contributed by atoms with Gasteiger partial charge in [-0.3, -0.25) is 0 Å². The van der Waals surface area contributed by atoms with Gasteiger partial charge in [0.1, 0.15) is 0 Å². The predicted octanol–water partition coefficient (Wildman–Crippen LogP) is 7.00. The maximum atomic E-state index is 13.6. The highest BCUT2D eigenvalue weighted by Crippen LogP contribution is 2.34. The normalized spacial score (nSPS) is 12.8. The Morgan fingerprint density at radius 1 is 1.00 bits per heavy atom. The maximum Gasteiger partial charge on any atom is 0.252 e. The number of sulfonamides is 1. The van der Waals surface area contributed by atoms with Crippen LogP contribution in [0.15, 0.2) is 77.0 Å². The van der Waals surface area contributed by atoms with Gasteiger partial charge in [0, 0.05) is 10.9 Å². The zero-order valence-electron chi connectivity index (χ0n) is 17.6. The largest absolute Gasteiger partial charge is 0.252 e. The van der Waals surface area contributed by atoms with Gasteiger partial charge in [-0.25, -0.2) is 8.42 Å². The van der Waals surface area contributed by atoms with Crippen LogP contribution in [0, 0.1) is 6.92 Å². The Labute approximate surface area is 181 Å². The van der Waals surface area contributed by atoms with Gasteiger partial charge >= 0.3 is 0 Å². The lowest BCUT2D eigenvalue weighted by Gasteiger charge is -2.29. The second kappa shape index (κ2) is 12.2. The molecule has 29 heavy (non-hydrogen) atoms. The van der Waals surface area contributed by atoms with E-state index in [0.717, 1.165) is 29.7 Å². The van der Waals surface area contributed by atoms with Crippen molar-refractivity contribution in [1.82, 2.24) is 3.71 Å². The number of aryl methyl sites for hydroxylation is 1. The van der Waals surface area contributed by atoms with Crippen LogP contribution in [0.25, 0.3) is 0 Å². The fourth-order valence-corrected chi connectivity index (χ4v) is 6.21. The average molecular weight is 432 g/mol. The van der Waals surface area contributed by atoms with Gasteiger partial charge < -0.3 is 0 Å². The van der Waals surface area contributed by atoms with Gasteiger partial charge in [-0.05, 0) is 56.0 Å². The molecule has 5 heteroatoms. The van der Waals surface area contributed by atoms with Crippen LogP contribution >= 0.6 is 11.9 Å². The summed E-state index contributed by atoms with van der Waals surface area (Å²) in [6, 6.07) is 16.7. The Kier molecular flexibility index (Phi) is 9.98. The molecule has 1 atom stereocenters. The van der Waals surface area contributed by atoms with Crippen molar-refractivity contribution < 1.29 is 8.42 Å². The Bertz CT molecular complexity index is 833. The monoisotopic (exact) mass is 431 g/mol. The molecule has 2 aromatic rings. The number of nitrogens with zero attached hydrogens (tertiary/aromatic N) is 1. The summed E-state index contributed by atoms with van der Waals surface area (Å²) in [5.74, 6) is 0. The summed E-state index contributed by atoms with van der Waals surface area (Å²) >= 11 is 1.31. The van der Waals surface area contributed by atoms with E-state index < -0.39 is 10.0 Å². The van der Waals surface area contributed by atoms with E-state index in [2.05, 4.69) is 13.5 Å². The molecule has 2 rings (SSSR count). The maximum absolute atomic E-state index is 13.6. The van der Waals surface area contributed by atoms with Crippen LogP contribution in [0.3, 0.4) is 0 Å². The van der Waals surface area contributed by atoms with E-state index in [4.69, 9.17) is 0 Å². The Morgan fingerprint density at radius 3 is 2.28 bits per heavy atom. The van der Waals surface area contributed by atoms with Crippen molar-refractivity contribution in [1.29, 1.82) is 0 Å². The molecule has 0 heterocycles. The summed E-state index contributed by atoms with van der Waals surface area (Å²) in [6.45, 7) is 8.05. The molecule has 0 radical (unpaired) electrons. The molecule has 0 aliphatic heterocycles. The lowest BCUT2D eigenvalue weighted by Crippen LogP contribution is -2.34. The molecule has 158 valence electrons. The van der Waals surface area contributed by atoms with Gasteiger partial charge in [0.25, 0.3) is 10.0 Å². The predicted molar refractivity (Wildman–Crippen MR) is 124 cm³/mol. The van der Waals surface area contributed by atoms with E-state index in [1.54, 1.807) is 15.8 Å². The molecule has 2 aromatic carbocycles. The first-order valence-electron chi connectivity index (χ1n) is 10.4. The Morgan fingerprint density at radius 2 is 1.66 bits per heavy atom. The quantitative estimate of drug-likeness (QED) is 0.195. The SMILES string of the molecule is C=CCC(CCCCCCC)N(Sc1ccccc1)S(=O)(=O)c1ccc(C)cc1. The molecule has 0 saturated heterocycles. The lowest BCUT2D eigenvalue weighted by atomic mass is 10.0. The molecule has 0 aromatic heterocycles. The number of unbranched alkanes of at least 4 members (excludes halogenated alkanes) is 4. The molecule has 1 unspecified atom stereocenters. The molecular weight excluding hydrogens is 398 g/mol. The minimum absolute atomic E-state index is 0.120. The molecular formula is C24H33NO2S2. The fraction of sp³-hybridized carbons (Fsp3) is 0.417. The minimum Gasteiger partial charge on any atom is -0.206 e. The van der Waals surface area contributed by atoms with E-state index in [1.165, 1.54) is 31.2 Å². The van der Waals surface area contributed by atoms with Crippen LogP contribution in [0.4, 0.5) is 0 Å². The summed E-state index contributed by atoms with van der Waals surface area (Å²) in [7, 11) is -3.64. The van der Waals surface area contributed by atoms with Crippen LogP contribution in [0.1, 0.15) is 57.4 Å². The highest BCUT2D eigenvalue weighted by atomic mass is 32.3. The van der Waals surface area contributed by atoms with Gasteiger partial charge in [-0.2, -0.15) is 0 Å². The Balaban J connectivity index is 2.30. The first kappa shape index (κ1) is 23.7. The van der Waals surface area contributed by atoms with Crippen molar-refractivity contribution in [2.45, 2.75) is 74.6 Å². The van der Waals surface area contributed by atoms with Crippen molar-refractivity contribution in [2.24, 2.45) is 0 Å². The van der Waals surface area contributed by atoms with Crippen molar-refractivity contribution in [3.05, 3.63) is 72.8 Å². The van der Waals surface area contributed by atoms with Crippen LogP contribution in [0.5, 0.6) is 0 Å². The topological polar surface area (TPSA) is 37.4 Å². The molecule has 0 bridgehead atoms. The molecule has 0 aliphatic rings. The smallest absolute Gasteiger partial charge is 0.206 e. The molecule has 0 amide bonds. The van der Waals surface area contributed by atoms with Crippen molar-refractivity contribution >= 4 is 22.0 Å².